The molecule has 0 heterocycles. The summed E-state index contributed by atoms with van der Waals surface area (Å²) < 4.78 is 40.2. The van der Waals surface area contributed by atoms with Gasteiger partial charge in [-0.15, -0.1) is 0 Å². The largest absolute Gasteiger partial charge is 0.241 e. The summed E-state index contributed by atoms with van der Waals surface area (Å²) in [5, 5.41) is 0. The Morgan fingerprint density at radius 2 is 1.74 bits per heavy atom. The molecular weight excluding hydrogens is 285 g/mol. The van der Waals surface area contributed by atoms with Crippen LogP contribution >= 0.6 is 11.8 Å². The Hall–Kier alpha value is -0.590. The molecule has 6 heteroatoms. The highest BCUT2D eigenvalue weighted by atomic mass is 32.2. The summed E-state index contributed by atoms with van der Waals surface area (Å²) in [5.74, 6) is -0.418. The quantitative estimate of drug-likeness (QED) is 0.910. The lowest BCUT2D eigenvalue weighted by molar-refractivity contribution is 0.568. The van der Waals surface area contributed by atoms with Crippen molar-refractivity contribution in [1.82, 2.24) is 4.72 Å². The minimum Gasteiger partial charge on any atom is -0.210 e. The van der Waals surface area contributed by atoms with Crippen molar-refractivity contribution in [3.63, 3.8) is 0 Å². The van der Waals surface area contributed by atoms with Crippen LogP contribution in [0.15, 0.2) is 17.0 Å². The molecule has 0 aliphatic carbocycles. The van der Waals surface area contributed by atoms with Crippen LogP contribution in [-0.4, -0.2) is 26.0 Å². The van der Waals surface area contributed by atoms with Gasteiger partial charge in [0.1, 0.15) is 5.82 Å². The minimum absolute atomic E-state index is 0.172. The van der Waals surface area contributed by atoms with Gasteiger partial charge in [0.05, 0.1) is 4.90 Å². The highest BCUT2D eigenvalue weighted by molar-refractivity contribution is 8.00. The van der Waals surface area contributed by atoms with Crippen molar-refractivity contribution in [1.29, 1.82) is 0 Å². The van der Waals surface area contributed by atoms with Gasteiger partial charge in [0.15, 0.2) is 0 Å². The molecule has 1 N–H and O–H groups in total. The maximum Gasteiger partial charge on any atom is 0.241 e. The molecule has 19 heavy (non-hydrogen) atoms. The van der Waals surface area contributed by atoms with Crippen LogP contribution in [0.3, 0.4) is 0 Å². The van der Waals surface area contributed by atoms with Crippen LogP contribution in [0.2, 0.25) is 0 Å². The number of aryl methyl sites for hydroxylation is 2. The number of sulfonamides is 1. The molecule has 3 nitrogen and oxygen atoms in total. The lowest BCUT2D eigenvalue weighted by atomic mass is 10.1. The Kier molecular flexibility index (Phi) is 5.03. The summed E-state index contributed by atoms with van der Waals surface area (Å²) in [4.78, 5) is 0.172. The number of benzene rings is 1. The Balaban J connectivity index is 3.09. The molecule has 0 amide bonds. The van der Waals surface area contributed by atoms with Gasteiger partial charge in [-0.1, -0.05) is 0 Å². The number of hydrogen-bond acceptors (Lipinski definition) is 3. The zero-order chi connectivity index (χ0) is 14.8. The van der Waals surface area contributed by atoms with E-state index in [4.69, 9.17) is 0 Å². The molecule has 108 valence electrons. The van der Waals surface area contributed by atoms with Crippen molar-refractivity contribution in [2.45, 2.75) is 37.3 Å². The smallest absolute Gasteiger partial charge is 0.210 e. The number of rotatable bonds is 5. The van der Waals surface area contributed by atoms with Gasteiger partial charge in [-0.05, 0) is 57.2 Å². The van der Waals surface area contributed by atoms with Gasteiger partial charge in [-0.25, -0.2) is 17.5 Å². The van der Waals surface area contributed by atoms with E-state index in [-0.39, 0.29) is 9.64 Å². The van der Waals surface area contributed by atoms with Crippen LogP contribution in [0.5, 0.6) is 0 Å². The van der Waals surface area contributed by atoms with Crippen molar-refractivity contribution >= 4 is 21.8 Å². The Morgan fingerprint density at radius 1 is 1.26 bits per heavy atom. The summed E-state index contributed by atoms with van der Waals surface area (Å²) in [6.07, 6.45) is 1.93. The monoisotopic (exact) mass is 305 g/mol. The van der Waals surface area contributed by atoms with E-state index in [1.54, 1.807) is 25.6 Å². The molecule has 0 spiro atoms. The molecule has 0 aliphatic heterocycles. The Bertz CT molecular complexity index is 545. The van der Waals surface area contributed by atoms with Crippen molar-refractivity contribution < 1.29 is 12.8 Å². The van der Waals surface area contributed by atoms with Crippen LogP contribution in [-0.2, 0) is 10.0 Å². The molecule has 1 rings (SSSR count). The molecule has 0 aliphatic rings. The van der Waals surface area contributed by atoms with Crippen molar-refractivity contribution in [2.75, 3.05) is 12.8 Å². The van der Waals surface area contributed by atoms with Crippen LogP contribution in [0.1, 0.15) is 25.0 Å². The normalized spacial score (nSPS) is 12.7. The zero-order valence-electron chi connectivity index (χ0n) is 11.9. The van der Waals surface area contributed by atoms with Crippen LogP contribution in [0, 0.1) is 19.7 Å². The van der Waals surface area contributed by atoms with E-state index in [0.717, 1.165) is 0 Å². The number of thioether (sulfide) groups is 1. The topological polar surface area (TPSA) is 46.2 Å². The van der Waals surface area contributed by atoms with Crippen molar-refractivity contribution in [3.05, 3.63) is 29.1 Å². The molecule has 0 unspecified atom stereocenters. The molecule has 1 aromatic carbocycles. The van der Waals surface area contributed by atoms with E-state index < -0.39 is 15.8 Å². The number of halogens is 1. The Labute approximate surface area is 119 Å². The molecule has 0 atom stereocenters. The van der Waals surface area contributed by atoms with Gasteiger partial charge in [0, 0.05) is 11.3 Å². The van der Waals surface area contributed by atoms with Crippen molar-refractivity contribution in [3.8, 4) is 0 Å². The fraction of sp³-hybridized carbons (Fsp3) is 0.538. The third-order valence-electron chi connectivity index (χ3n) is 2.93. The zero-order valence-corrected chi connectivity index (χ0v) is 13.5. The maximum atomic E-state index is 13.2. The van der Waals surface area contributed by atoms with Gasteiger partial charge >= 0.3 is 0 Å². The van der Waals surface area contributed by atoms with E-state index in [9.17, 15) is 12.8 Å². The number of hydrogen-bond donors (Lipinski definition) is 1. The van der Waals surface area contributed by atoms with Gasteiger partial charge in [-0.3, -0.25) is 0 Å². The van der Waals surface area contributed by atoms with Crippen LogP contribution < -0.4 is 4.72 Å². The molecule has 0 saturated carbocycles. The first-order valence-electron chi connectivity index (χ1n) is 5.90. The van der Waals surface area contributed by atoms with Crippen molar-refractivity contribution in [2.24, 2.45) is 0 Å². The maximum absolute atomic E-state index is 13.2. The van der Waals surface area contributed by atoms with E-state index in [2.05, 4.69) is 4.72 Å². The highest BCUT2D eigenvalue weighted by Crippen LogP contribution is 2.24. The van der Waals surface area contributed by atoms with Gasteiger partial charge in [0.25, 0.3) is 0 Å². The Morgan fingerprint density at radius 3 is 2.16 bits per heavy atom. The molecule has 0 bridgehead atoms. The predicted octanol–water partition coefficient (Wildman–Crippen LogP) is 2.86. The van der Waals surface area contributed by atoms with Crippen LogP contribution in [0.4, 0.5) is 4.39 Å². The highest BCUT2D eigenvalue weighted by Gasteiger charge is 2.24. The van der Waals surface area contributed by atoms with Gasteiger partial charge in [-0.2, -0.15) is 11.8 Å². The molecular formula is C13H20FNO2S2. The molecule has 0 radical (unpaired) electrons. The summed E-state index contributed by atoms with van der Waals surface area (Å²) in [7, 11) is -3.61. The summed E-state index contributed by atoms with van der Waals surface area (Å²) in [5.41, 5.74) is 0.846. The first-order valence-corrected chi connectivity index (χ1v) is 8.61. The van der Waals surface area contributed by atoms with E-state index in [0.29, 0.717) is 17.7 Å². The molecule has 0 aromatic heterocycles. The van der Waals surface area contributed by atoms with Gasteiger partial charge < -0.3 is 0 Å². The van der Waals surface area contributed by atoms with E-state index in [1.165, 1.54) is 12.1 Å². The lowest BCUT2D eigenvalue weighted by Gasteiger charge is -2.23. The average Bonchev–Trinajstić information content (AvgIpc) is 2.25. The summed E-state index contributed by atoms with van der Waals surface area (Å²) in [6, 6.07) is 2.47. The van der Waals surface area contributed by atoms with Crippen LogP contribution in [0.25, 0.3) is 0 Å². The van der Waals surface area contributed by atoms with E-state index in [1.807, 2.05) is 20.1 Å². The first-order chi connectivity index (χ1) is 8.59. The molecule has 1 aromatic rings. The predicted molar refractivity (Wildman–Crippen MR) is 78.7 cm³/mol. The SMILES string of the molecule is CSC(C)(C)CNS(=O)(=O)c1c(C)cc(F)cc1C. The second-order valence-corrected chi connectivity index (χ2v) is 8.37. The average molecular weight is 305 g/mol. The standard InChI is InChI=1S/C13H20FNO2S2/c1-9-6-11(14)7-10(2)12(9)19(16,17)15-8-13(3,4)18-5/h6-7,15H,8H2,1-5H3. The lowest BCUT2D eigenvalue weighted by Crippen LogP contribution is -2.36. The molecule has 0 saturated heterocycles. The minimum atomic E-state index is -3.61. The fourth-order valence-corrected chi connectivity index (χ4v) is 3.70. The third kappa shape index (κ3) is 4.19. The summed E-state index contributed by atoms with van der Waals surface area (Å²) in [6.45, 7) is 7.45. The van der Waals surface area contributed by atoms with Gasteiger partial charge in [0.2, 0.25) is 10.0 Å². The second-order valence-electron chi connectivity index (χ2n) is 5.16. The van der Waals surface area contributed by atoms with E-state index >= 15 is 0 Å². The summed E-state index contributed by atoms with van der Waals surface area (Å²) >= 11 is 1.59. The fourth-order valence-electron chi connectivity index (χ4n) is 1.73. The molecule has 0 fully saturated rings. The first kappa shape index (κ1) is 16.5. The second kappa shape index (κ2) is 5.81. The number of nitrogens with one attached hydrogen (secondary N) is 1. The third-order valence-corrected chi connectivity index (χ3v) is 5.89.